The first kappa shape index (κ1) is 32.6. The van der Waals surface area contributed by atoms with Gasteiger partial charge in [0.05, 0.1) is 5.82 Å². The van der Waals surface area contributed by atoms with E-state index in [4.69, 9.17) is 4.42 Å². The molecule has 1 aliphatic carbocycles. The van der Waals surface area contributed by atoms with Crippen LogP contribution in [0.15, 0.2) is 108 Å². The number of nitrogens with zero attached hydrogens (tertiary/aromatic N) is 4. The van der Waals surface area contributed by atoms with Crippen molar-refractivity contribution in [1.29, 1.82) is 0 Å². The third-order valence-electron chi connectivity index (χ3n) is 10.5. The Labute approximate surface area is 307 Å². The van der Waals surface area contributed by atoms with Gasteiger partial charge in [-0.1, -0.05) is 92.9 Å². The normalized spacial score (nSPS) is 14.9. The summed E-state index contributed by atoms with van der Waals surface area (Å²) in [6.07, 6.45) is 6.29. The number of fused-ring (bicyclic) bond motifs is 8. The van der Waals surface area contributed by atoms with Gasteiger partial charge in [-0.05, 0) is 71.3 Å². The molecule has 2 aromatic heterocycles. The van der Waals surface area contributed by atoms with Crippen LogP contribution in [0.1, 0.15) is 74.6 Å². The van der Waals surface area contributed by atoms with E-state index in [1.165, 1.54) is 62.9 Å². The molecule has 0 unspecified atom stereocenters. The van der Waals surface area contributed by atoms with Gasteiger partial charge in [0.1, 0.15) is 5.58 Å². The number of aromatic nitrogens is 2. The van der Waals surface area contributed by atoms with Crippen molar-refractivity contribution in [3.05, 3.63) is 144 Å². The van der Waals surface area contributed by atoms with Crippen molar-refractivity contribution in [2.24, 2.45) is 0 Å². The fraction of sp³-hybridized carbons (Fsp3) is 0.227. The molecule has 2 aliphatic heterocycles. The third-order valence-corrected chi connectivity index (χ3v) is 10.5. The van der Waals surface area contributed by atoms with E-state index in [0.29, 0.717) is 11.8 Å². The number of furan rings is 1. The zero-order chi connectivity index (χ0) is 33.4. The zero-order valence-corrected chi connectivity index (χ0v) is 31.4. The van der Waals surface area contributed by atoms with E-state index < -0.39 is 0 Å². The Bertz CT molecular complexity index is 2340. The van der Waals surface area contributed by atoms with Gasteiger partial charge in [0.25, 0.3) is 0 Å². The number of hydrogen-bond donors (Lipinski definition) is 0. The maximum atomic E-state index is 6.40. The van der Waals surface area contributed by atoms with Crippen LogP contribution in [0, 0.1) is 18.8 Å². The predicted molar refractivity (Wildman–Crippen MR) is 200 cm³/mol. The minimum absolute atomic E-state index is 0. The van der Waals surface area contributed by atoms with E-state index >= 15 is 0 Å². The van der Waals surface area contributed by atoms with Crippen molar-refractivity contribution in [2.75, 3.05) is 16.8 Å². The maximum absolute atomic E-state index is 6.40. The second-order valence-electron chi connectivity index (χ2n) is 14.2. The Morgan fingerprint density at radius 2 is 1.56 bits per heavy atom. The number of hydrogen-bond acceptors (Lipinski definition) is 4. The van der Waals surface area contributed by atoms with Crippen molar-refractivity contribution in [3.63, 3.8) is 0 Å². The smallest absolute Gasteiger partial charge is 0.504 e. The molecule has 1 saturated carbocycles. The molecular formula is C44H39IrN4O. The SMILES string of the molecule is CC(C)c1cccc(C(C)C)c1-n1ccnc1-c1[c-]cccc1.CN1[CH-]N2c3[c-]cc4c(oc5ccccc54)c3C3(CC3)c3cccc1c32.[Ir+3]. The summed E-state index contributed by atoms with van der Waals surface area (Å²) in [4.78, 5) is 9.11. The first-order chi connectivity index (χ1) is 23.9. The molecule has 6 heteroatoms. The molecule has 0 atom stereocenters. The van der Waals surface area contributed by atoms with Crippen molar-refractivity contribution < 1.29 is 24.5 Å². The van der Waals surface area contributed by atoms with E-state index in [2.05, 4.69) is 146 Å². The van der Waals surface area contributed by atoms with Crippen LogP contribution in [0.2, 0.25) is 0 Å². The molecule has 5 nitrogen and oxygen atoms in total. The molecule has 250 valence electrons. The van der Waals surface area contributed by atoms with E-state index in [1.54, 1.807) is 0 Å². The topological polar surface area (TPSA) is 37.4 Å². The maximum Gasteiger partial charge on any atom is 3.00 e. The standard InChI is InChI=1S/C23H16N2O.C21H23N2.Ir/c1-24-13-25-17-10-9-15-14-5-2-3-8-19(14)26-22(15)20(17)23(11-12-23)16-6-4-7-18(24)21(16)25;1-15(2)18-11-8-12-19(16(3)4)20(18)23-14-13-22-21(23)17-9-6-5-7-10-17;/h2-9,13H,11-12H2,1H3;5-9,11-16H,1-4H3;/q-2;-1;+3. The molecule has 0 radical (unpaired) electrons. The van der Waals surface area contributed by atoms with Crippen LogP contribution in [0.3, 0.4) is 0 Å². The summed E-state index contributed by atoms with van der Waals surface area (Å²) in [6.45, 7) is 11.2. The van der Waals surface area contributed by atoms with E-state index in [0.717, 1.165) is 28.2 Å². The van der Waals surface area contributed by atoms with Crippen LogP contribution in [0.5, 0.6) is 0 Å². The van der Waals surface area contributed by atoms with Gasteiger partial charge >= 0.3 is 20.1 Å². The van der Waals surface area contributed by atoms with E-state index in [1.807, 2.05) is 30.5 Å². The average molecular weight is 832 g/mol. The van der Waals surface area contributed by atoms with Crippen LogP contribution in [-0.4, -0.2) is 16.6 Å². The van der Waals surface area contributed by atoms with E-state index in [9.17, 15) is 0 Å². The molecule has 4 heterocycles. The van der Waals surface area contributed by atoms with Crippen molar-refractivity contribution in [2.45, 2.75) is 57.8 Å². The Balaban J connectivity index is 0.000000143. The molecular weight excluding hydrogens is 793 g/mol. The Morgan fingerprint density at radius 1 is 0.820 bits per heavy atom. The molecule has 10 rings (SSSR count). The molecule has 0 bridgehead atoms. The number of benzene rings is 5. The molecule has 3 aliphatic rings. The molecule has 50 heavy (non-hydrogen) atoms. The molecule has 0 N–H and O–H groups in total. The van der Waals surface area contributed by atoms with Gasteiger partial charge in [0.2, 0.25) is 0 Å². The molecule has 1 fully saturated rings. The van der Waals surface area contributed by atoms with Gasteiger partial charge in [0, 0.05) is 35.0 Å². The largest absolute Gasteiger partial charge is 3.00 e. The third kappa shape index (κ3) is 4.87. The summed E-state index contributed by atoms with van der Waals surface area (Å²) in [5.41, 5.74) is 13.6. The van der Waals surface area contributed by atoms with Gasteiger partial charge < -0.3 is 18.8 Å². The minimum atomic E-state index is 0. The van der Waals surface area contributed by atoms with Gasteiger partial charge in [-0.3, -0.25) is 4.98 Å². The summed E-state index contributed by atoms with van der Waals surface area (Å²) in [5.74, 6) is 1.86. The summed E-state index contributed by atoms with van der Waals surface area (Å²) >= 11 is 0. The first-order valence-electron chi connectivity index (χ1n) is 17.4. The van der Waals surface area contributed by atoms with Crippen LogP contribution in [0.4, 0.5) is 17.1 Å². The van der Waals surface area contributed by atoms with Gasteiger partial charge in [0.15, 0.2) is 0 Å². The second-order valence-corrected chi connectivity index (χ2v) is 14.2. The monoisotopic (exact) mass is 832 g/mol. The molecule has 1 spiro atoms. The van der Waals surface area contributed by atoms with Crippen molar-refractivity contribution in [3.8, 4) is 17.1 Å². The van der Waals surface area contributed by atoms with Gasteiger partial charge in [-0.15, -0.1) is 35.9 Å². The Kier molecular flexibility index (Phi) is 8.01. The zero-order valence-electron chi connectivity index (χ0n) is 29.0. The summed E-state index contributed by atoms with van der Waals surface area (Å²) in [7, 11) is 2.12. The Morgan fingerprint density at radius 3 is 2.28 bits per heavy atom. The van der Waals surface area contributed by atoms with E-state index in [-0.39, 0.29) is 25.5 Å². The molecule has 0 saturated heterocycles. The number of imidazole rings is 1. The minimum Gasteiger partial charge on any atom is -0.504 e. The number of anilines is 3. The van der Waals surface area contributed by atoms with Crippen LogP contribution < -0.4 is 9.80 Å². The van der Waals surface area contributed by atoms with Gasteiger partial charge in [-0.2, -0.15) is 18.8 Å². The Hall–Kier alpha value is -4.64. The summed E-state index contributed by atoms with van der Waals surface area (Å²) < 4.78 is 8.62. The average Bonchev–Trinajstić information content (AvgIpc) is 3.43. The van der Waals surface area contributed by atoms with Crippen molar-refractivity contribution in [1.82, 2.24) is 9.55 Å². The summed E-state index contributed by atoms with van der Waals surface area (Å²) in [6, 6.07) is 38.7. The van der Waals surface area contributed by atoms with Gasteiger partial charge in [-0.25, -0.2) is 0 Å². The van der Waals surface area contributed by atoms with Crippen LogP contribution in [0.25, 0.3) is 39.0 Å². The second kappa shape index (κ2) is 12.3. The van der Waals surface area contributed by atoms with Crippen molar-refractivity contribution >= 4 is 39.0 Å². The van der Waals surface area contributed by atoms with Crippen LogP contribution in [-0.2, 0) is 25.5 Å². The fourth-order valence-corrected chi connectivity index (χ4v) is 8.05. The molecule has 5 aromatic carbocycles. The predicted octanol–water partition coefficient (Wildman–Crippen LogP) is 11.1. The molecule has 0 amide bonds. The number of rotatable bonds is 4. The first-order valence-corrected chi connectivity index (χ1v) is 17.4. The fourth-order valence-electron chi connectivity index (χ4n) is 8.05. The number of para-hydroxylation sites is 3. The molecule has 7 aromatic rings. The van der Waals surface area contributed by atoms with Crippen LogP contribution >= 0.6 is 0 Å². The quantitative estimate of drug-likeness (QED) is 0.166. The summed E-state index contributed by atoms with van der Waals surface area (Å²) in [5, 5.41) is 2.36.